The Balaban J connectivity index is 0.00000192. The van der Waals surface area contributed by atoms with E-state index in [1.165, 1.54) is 11.1 Å². The van der Waals surface area contributed by atoms with Crippen LogP contribution in [0.1, 0.15) is 16.7 Å². The first-order valence-electron chi connectivity index (χ1n) is 7.47. The van der Waals surface area contributed by atoms with E-state index >= 15 is 0 Å². The summed E-state index contributed by atoms with van der Waals surface area (Å²) in [5.74, 6) is 0.841. The van der Waals surface area contributed by atoms with Crippen LogP contribution in [0.4, 0.5) is 0 Å². The number of ether oxygens (including phenoxy) is 1. The normalized spacial score (nSPS) is 16.0. The second kappa shape index (κ2) is 7.99. The number of carbonyl (C=O) groups is 1. The van der Waals surface area contributed by atoms with Gasteiger partial charge >= 0.3 is 0 Å². The first-order chi connectivity index (χ1) is 10.8. The van der Waals surface area contributed by atoms with E-state index in [1.807, 2.05) is 36.4 Å². The summed E-state index contributed by atoms with van der Waals surface area (Å²) in [4.78, 5) is 12.3. The lowest BCUT2D eigenvalue weighted by Crippen LogP contribution is -2.47. The Bertz CT molecular complexity index is 676. The summed E-state index contributed by atoms with van der Waals surface area (Å²) in [6.45, 7) is 1.25. The second-order valence-corrected chi connectivity index (χ2v) is 5.48. The number of rotatable bonds is 4. The average molecular weight is 333 g/mol. The smallest absolute Gasteiger partial charge is 0.237 e. The highest BCUT2D eigenvalue weighted by molar-refractivity contribution is 5.85. The highest BCUT2D eigenvalue weighted by Crippen LogP contribution is 2.16. The molecule has 0 aromatic heterocycles. The molecule has 0 spiro atoms. The third-order valence-electron chi connectivity index (χ3n) is 4.00. The molecule has 1 aliphatic rings. The van der Waals surface area contributed by atoms with Crippen LogP contribution in [0.5, 0.6) is 5.75 Å². The second-order valence-electron chi connectivity index (χ2n) is 5.48. The summed E-state index contributed by atoms with van der Waals surface area (Å²) in [5, 5.41) is 6.29. The van der Waals surface area contributed by atoms with Gasteiger partial charge in [0.25, 0.3) is 0 Å². The minimum absolute atomic E-state index is 0. The van der Waals surface area contributed by atoms with Crippen molar-refractivity contribution < 1.29 is 9.53 Å². The van der Waals surface area contributed by atoms with Crippen LogP contribution in [0.2, 0.25) is 0 Å². The molecule has 0 saturated heterocycles. The van der Waals surface area contributed by atoms with E-state index in [-0.39, 0.29) is 24.4 Å². The van der Waals surface area contributed by atoms with Crippen LogP contribution < -0.4 is 15.4 Å². The van der Waals surface area contributed by atoms with Crippen LogP contribution in [0, 0.1) is 0 Å². The van der Waals surface area contributed by atoms with Gasteiger partial charge in [0, 0.05) is 13.1 Å². The van der Waals surface area contributed by atoms with E-state index in [2.05, 4.69) is 22.8 Å². The van der Waals surface area contributed by atoms with Crippen molar-refractivity contribution in [3.63, 3.8) is 0 Å². The highest BCUT2D eigenvalue weighted by Gasteiger charge is 2.23. The number of methoxy groups -OCH3 is 1. The number of hydrogen-bond donors (Lipinski definition) is 2. The lowest BCUT2D eigenvalue weighted by Gasteiger charge is -2.25. The Kier molecular flexibility index (Phi) is 6.02. The summed E-state index contributed by atoms with van der Waals surface area (Å²) < 4.78 is 5.19. The molecule has 0 saturated carbocycles. The first-order valence-corrected chi connectivity index (χ1v) is 7.47. The Morgan fingerprint density at radius 1 is 1.22 bits per heavy atom. The van der Waals surface area contributed by atoms with Crippen molar-refractivity contribution in [2.24, 2.45) is 0 Å². The third-order valence-corrected chi connectivity index (χ3v) is 4.00. The molecule has 1 heterocycles. The molecule has 0 bridgehead atoms. The quantitative estimate of drug-likeness (QED) is 0.904. The summed E-state index contributed by atoms with van der Waals surface area (Å²) >= 11 is 0. The molecule has 122 valence electrons. The molecule has 3 rings (SSSR count). The van der Waals surface area contributed by atoms with Gasteiger partial charge in [0.15, 0.2) is 0 Å². The first kappa shape index (κ1) is 17.3. The lowest BCUT2D eigenvalue weighted by molar-refractivity contribution is -0.123. The van der Waals surface area contributed by atoms with Crippen molar-refractivity contribution in [3.05, 3.63) is 65.2 Å². The van der Waals surface area contributed by atoms with E-state index in [0.29, 0.717) is 6.54 Å². The molecular formula is C18H21ClN2O2. The van der Waals surface area contributed by atoms with Crippen LogP contribution in [0.25, 0.3) is 0 Å². The fraction of sp³-hybridized carbons (Fsp3) is 0.278. The molecule has 23 heavy (non-hydrogen) atoms. The van der Waals surface area contributed by atoms with Crippen LogP contribution in [0.15, 0.2) is 48.5 Å². The number of halogens is 1. The van der Waals surface area contributed by atoms with Crippen LogP contribution in [0.3, 0.4) is 0 Å². The van der Waals surface area contributed by atoms with Gasteiger partial charge in [-0.15, -0.1) is 12.4 Å². The number of hydrogen-bond acceptors (Lipinski definition) is 3. The van der Waals surface area contributed by atoms with Crippen molar-refractivity contribution >= 4 is 18.3 Å². The summed E-state index contributed by atoms with van der Waals surface area (Å²) in [7, 11) is 1.64. The number of carbonyl (C=O) groups excluding carboxylic acids is 1. The van der Waals surface area contributed by atoms with Gasteiger partial charge in [-0.2, -0.15) is 0 Å². The van der Waals surface area contributed by atoms with Crippen LogP contribution in [-0.2, 0) is 24.3 Å². The summed E-state index contributed by atoms with van der Waals surface area (Å²) in [5.41, 5.74) is 3.56. The summed E-state index contributed by atoms with van der Waals surface area (Å²) in [6, 6.07) is 15.8. The minimum atomic E-state index is -0.166. The standard InChI is InChI=1S/C18H20N2O2.ClH/c1-22-16-8-4-5-13(9-16)11-20-18(21)17-10-14-6-2-3-7-15(14)12-19-17;/h2-9,17,19H,10-12H2,1H3,(H,20,21);1H/t17-;/m0./s1. The van der Waals surface area contributed by atoms with Crippen LogP contribution in [-0.4, -0.2) is 19.1 Å². The van der Waals surface area contributed by atoms with E-state index in [0.717, 1.165) is 24.3 Å². The number of benzene rings is 2. The molecule has 1 amide bonds. The predicted molar refractivity (Wildman–Crippen MR) is 92.9 cm³/mol. The Hall–Kier alpha value is -2.04. The topological polar surface area (TPSA) is 50.4 Å². The van der Waals surface area contributed by atoms with Crippen molar-refractivity contribution in [2.75, 3.05) is 7.11 Å². The zero-order valence-corrected chi connectivity index (χ0v) is 13.9. The summed E-state index contributed by atoms with van der Waals surface area (Å²) in [6.07, 6.45) is 0.736. The molecule has 0 aliphatic carbocycles. The zero-order valence-electron chi connectivity index (χ0n) is 13.0. The Morgan fingerprint density at radius 3 is 2.78 bits per heavy atom. The Morgan fingerprint density at radius 2 is 2.00 bits per heavy atom. The van der Waals surface area contributed by atoms with Crippen LogP contribution >= 0.6 is 12.4 Å². The molecule has 1 aliphatic heterocycles. The number of amides is 1. The van der Waals surface area contributed by atoms with Crippen molar-refractivity contribution in [1.29, 1.82) is 0 Å². The van der Waals surface area contributed by atoms with Crippen molar-refractivity contribution in [2.45, 2.75) is 25.6 Å². The van der Waals surface area contributed by atoms with Crippen molar-refractivity contribution in [1.82, 2.24) is 10.6 Å². The largest absolute Gasteiger partial charge is 0.497 e. The predicted octanol–water partition coefficient (Wildman–Crippen LogP) is 2.45. The zero-order chi connectivity index (χ0) is 15.4. The fourth-order valence-corrected chi connectivity index (χ4v) is 2.73. The minimum Gasteiger partial charge on any atom is -0.497 e. The van der Waals surface area contributed by atoms with Gasteiger partial charge in [-0.1, -0.05) is 36.4 Å². The fourth-order valence-electron chi connectivity index (χ4n) is 2.73. The highest BCUT2D eigenvalue weighted by atomic mass is 35.5. The van der Waals surface area contributed by atoms with Crippen molar-refractivity contribution in [3.8, 4) is 5.75 Å². The molecule has 0 fully saturated rings. The number of nitrogens with one attached hydrogen (secondary N) is 2. The molecule has 0 unspecified atom stereocenters. The lowest BCUT2D eigenvalue weighted by atomic mass is 9.95. The molecule has 2 aromatic rings. The maximum Gasteiger partial charge on any atom is 0.237 e. The van der Waals surface area contributed by atoms with E-state index in [4.69, 9.17) is 4.74 Å². The maximum absolute atomic E-state index is 12.3. The molecule has 4 nitrogen and oxygen atoms in total. The van der Waals surface area contributed by atoms with E-state index in [1.54, 1.807) is 7.11 Å². The Labute approximate surface area is 142 Å². The third kappa shape index (κ3) is 4.24. The van der Waals surface area contributed by atoms with Gasteiger partial charge in [-0.3, -0.25) is 4.79 Å². The van der Waals surface area contributed by atoms with Gasteiger partial charge in [0.05, 0.1) is 13.2 Å². The van der Waals surface area contributed by atoms with Gasteiger partial charge < -0.3 is 15.4 Å². The van der Waals surface area contributed by atoms with E-state index < -0.39 is 0 Å². The SMILES string of the molecule is COc1cccc(CNC(=O)[C@@H]2Cc3ccccc3CN2)c1.Cl. The monoisotopic (exact) mass is 332 g/mol. The van der Waals surface area contributed by atoms with E-state index in [9.17, 15) is 4.79 Å². The van der Waals surface area contributed by atoms with Gasteiger partial charge in [0.1, 0.15) is 5.75 Å². The van der Waals surface area contributed by atoms with Gasteiger partial charge in [-0.05, 0) is 35.2 Å². The average Bonchev–Trinajstić information content (AvgIpc) is 2.59. The molecule has 1 atom stereocenters. The molecule has 2 N–H and O–H groups in total. The number of fused-ring (bicyclic) bond motifs is 1. The maximum atomic E-state index is 12.3. The van der Waals surface area contributed by atoms with Gasteiger partial charge in [0.2, 0.25) is 5.91 Å². The molecule has 5 heteroatoms. The van der Waals surface area contributed by atoms with Gasteiger partial charge in [-0.25, -0.2) is 0 Å². The molecular weight excluding hydrogens is 312 g/mol. The molecule has 2 aromatic carbocycles. The molecule has 0 radical (unpaired) electrons.